The van der Waals surface area contributed by atoms with E-state index in [2.05, 4.69) is 0 Å². The van der Waals surface area contributed by atoms with E-state index < -0.39 is 9.84 Å². The molecular formula is C11H15BO3S. The third kappa shape index (κ3) is 4.27. The molecule has 0 aliphatic rings. The Balaban J connectivity index is 2.65. The van der Waals surface area contributed by atoms with Crippen molar-refractivity contribution in [1.82, 2.24) is 0 Å². The van der Waals surface area contributed by atoms with Gasteiger partial charge in [-0.25, -0.2) is 8.42 Å². The molecule has 0 fully saturated rings. The summed E-state index contributed by atoms with van der Waals surface area (Å²) in [4.78, 5) is 0. The Hall–Kier alpha value is -0.965. The van der Waals surface area contributed by atoms with Crippen LogP contribution in [-0.2, 0) is 15.6 Å². The highest BCUT2D eigenvalue weighted by Gasteiger charge is 2.10. The molecule has 0 saturated carbocycles. The van der Waals surface area contributed by atoms with Gasteiger partial charge in [-0.3, -0.25) is 0 Å². The Morgan fingerprint density at radius 1 is 1.25 bits per heavy atom. The van der Waals surface area contributed by atoms with E-state index in [9.17, 15) is 8.42 Å². The van der Waals surface area contributed by atoms with E-state index in [0.29, 0.717) is 12.7 Å². The van der Waals surface area contributed by atoms with Gasteiger partial charge in [-0.2, -0.15) is 0 Å². The Bertz CT molecular complexity index is 411. The highest BCUT2D eigenvalue weighted by atomic mass is 32.2. The zero-order valence-corrected chi connectivity index (χ0v) is 10.2. The molecule has 1 aromatic rings. The van der Waals surface area contributed by atoms with Gasteiger partial charge in [0.2, 0.25) is 0 Å². The van der Waals surface area contributed by atoms with Crippen LogP contribution in [0.25, 0.3) is 0 Å². The molecule has 0 aromatic heterocycles. The molecule has 0 heterocycles. The van der Waals surface area contributed by atoms with Crippen molar-refractivity contribution in [3.05, 3.63) is 29.8 Å². The standard InChI is InChI=1S/C11H15BO3S/c1-15-11-5-3-10(4-6-11)9-16(13,14)8-2-7-12/h3-6H,2,7-9H2,1H3. The number of methoxy groups -OCH3 is 1. The lowest BCUT2D eigenvalue weighted by molar-refractivity contribution is 0.414. The predicted octanol–water partition coefficient (Wildman–Crippen LogP) is 1.59. The highest BCUT2D eigenvalue weighted by Crippen LogP contribution is 2.14. The maximum atomic E-state index is 11.6. The number of hydrogen-bond donors (Lipinski definition) is 0. The lowest BCUT2D eigenvalue weighted by Crippen LogP contribution is -2.09. The van der Waals surface area contributed by atoms with Gasteiger partial charge in [0, 0.05) is 5.75 Å². The van der Waals surface area contributed by atoms with Crippen molar-refractivity contribution in [2.45, 2.75) is 18.5 Å². The minimum Gasteiger partial charge on any atom is -0.497 e. The van der Waals surface area contributed by atoms with Gasteiger partial charge < -0.3 is 4.74 Å². The van der Waals surface area contributed by atoms with E-state index in [-0.39, 0.29) is 11.5 Å². The largest absolute Gasteiger partial charge is 0.497 e. The lowest BCUT2D eigenvalue weighted by atomic mass is 10.0. The summed E-state index contributed by atoms with van der Waals surface area (Å²) < 4.78 is 28.3. The van der Waals surface area contributed by atoms with Gasteiger partial charge in [-0.1, -0.05) is 18.5 Å². The SMILES string of the molecule is [B]CCCS(=O)(=O)Cc1ccc(OC)cc1. The van der Waals surface area contributed by atoms with Crippen LogP contribution in [-0.4, -0.2) is 29.1 Å². The molecule has 0 amide bonds. The van der Waals surface area contributed by atoms with Gasteiger partial charge in [-0.05, 0) is 24.1 Å². The third-order valence-corrected chi connectivity index (χ3v) is 3.89. The summed E-state index contributed by atoms with van der Waals surface area (Å²) in [5.74, 6) is 0.940. The molecule has 0 unspecified atom stereocenters. The zero-order chi connectivity index (χ0) is 12.0. The van der Waals surface area contributed by atoms with Crippen LogP contribution in [0.5, 0.6) is 5.75 Å². The van der Waals surface area contributed by atoms with E-state index in [1.54, 1.807) is 31.4 Å². The summed E-state index contributed by atoms with van der Waals surface area (Å²) >= 11 is 0. The van der Waals surface area contributed by atoms with Gasteiger partial charge in [0.1, 0.15) is 5.75 Å². The highest BCUT2D eigenvalue weighted by molar-refractivity contribution is 7.90. The normalized spacial score (nSPS) is 11.3. The quantitative estimate of drug-likeness (QED) is 0.707. The van der Waals surface area contributed by atoms with Crippen LogP contribution in [0.15, 0.2) is 24.3 Å². The van der Waals surface area contributed by atoms with Crippen molar-refractivity contribution in [3.63, 3.8) is 0 Å². The van der Waals surface area contributed by atoms with Crippen molar-refractivity contribution in [2.75, 3.05) is 12.9 Å². The van der Waals surface area contributed by atoms with E-state index in [1.165, 1.54) is 0 Å². The Morgan fingerprint density at radius 3 is 2.38 bits per heavy atom. The van der Waals surface area contributed by atoms with E-state index >= 15 is 0 Å². The Morgan fingerprint density at radius 2 is 1.88 bits per heavy atom. The molecule has 0 bridgehead atoms. The van der Waals surface area contributed by atoms with E-state index in [4.69, 9.17) is 12.6 Å². The van der Waals surface area contributed by atoms with Crippen LogP contribution < -0.4 is 4.74 Å². The van der Waals surface area contributed by atoms with Gasteiger partial charge in [0.05, 0.1) is 20.7 Å². The molecule has 0 atom stereocenters. The zero-order valence-electron chi connectivity index (χ0n) is 9.35. The molecule has 86 valence electrons. The second-order valence-electron chi connectivity index (χ2n) is 3.58. The number of ether oxygens (including phenoxy) is 1. The van der Waals surface area contributed by atoms with Gasteiger partial charge in [0.25, 0.3) is 0 Å². The lowest BCUT2D eigenvalue weighted by Gasteiger charge is -2.05. The van der Waals surface area contributed by atoms with Crippen LogP contribution >= 0.6 is 0 Å². The molecule has 0 spiro atoms. The predicted molar refractivity (Wildman–Crippen MR) is 65.7 cm³/mol. The molecule has 1 rings (SSSR count). The minimum absolute atomic E-state index is 0.0665. The molecule has 5 heteroatoms. The van der Waals surface area contributed by atoms with Gasteiger partial charge in [0.15, 0.2) is 9.84 Å². The average Bonchev–Trinajstić information content (AvgIpc) is 2.27. The van der Waals surface area contributed by atoms with Gasteiger partial charge >= 0.3 is 0 Å². The Kier molecular flexibility index (Phi) is 4.86. The molecule has 0 aliphatic heterocycles. The fourth-order valence-corrected chi connectivity index (χ4v) is 2.80. The van der Waals surface area contributed by atoms with Crippen molar-refractivity contribution in [3.8, 4) is 5.75 Å². The average molecular weight is 238 g/mol. The molecule has 2 radical (unpaired) electrons. The smallest absolute Gasteiger partial charge is 0.154 e. The van der Waals surface area contributed by atoms with Crippen LogP contribution in [0, 0.1) is 0 Å². The molecule has 0 aliphatic carbocycles. The van der Waals surface area contributed by atoms with Crippen molar-refractivity contribution < 1.29 is 13.2 Å². The van der Waals surface area contributed by atoms with Crippen LogP contribution in [0.2, 0.25) is 6.32 Å². The number of rotatable bonds is 6. The van der Waals surface area contributed by atoms with Crippen molar-refractivity contribution in [2.24, 2.45) is 0 Å². The first-order chi connectivity index (χ1) is 7.57. The van der Waals surface area contributed by atoms with Crippen molar-refractivity contribution >= 4 is 17.7 Å². The number of sulfone groups is 1. The molecule has 16 heavy (non-hydrogen) atoms. The van der Waals surface area contributed by atoms with Crippen LogP contribution in [0.4, 0.5) is 0 Å². The monoisotopic (exact) mass is 238 g/mol. The summed E-state index contributed by atoms with van der Waals surface area (Å²) in [5, 5.41) is 0. The first-order valence-corrected chi connectivity index (χ1v) is 6.93. The first kappa shape index (κ1) is 13.1. The fourth-order valence-electron chi connectivity index (χ4n) is 1.35. The topological polar surface area (TPSA) is 43.4 Å². The molecule has 1 aromatic carbocycles. The van der Waals surface area contributed by atoms with E-state index in [1.807, 2.05) is 0 Å². The molecule has 0 N–H and O–H groups in total. The third-order valence-electron chi connectivity index (χ3n) is 2.21. The second kappa shape index (κ2) is 5.94. The molecular weight excluding hydrogens is 223 g/mol. The second-order valence-corrected chi connectivity index (χ2v) is 5.77. The number of hydrogen-bond acceptors (Lipinski definition) is 3. The summed E-state index contributed by atoms with van der Waals surface area (Å²) in [7, 11) is 3.83. The maximum Gasteiger partial charge on any atom is 0.154 e. The number of benzene rings is 1. The van der Waals surface area contributed by atoms with E-state index in [0.717, 1.165) is 11.3 Å². The first-order valence-electron chi connectivity index (χ1n) is 5.11. The summed E-state index contributed by atoms with van der Waals surface area (Å²) in [6, 6.07) is 7.04. The van der Waals surface area contributed by atoms with Gasteiger partial charge in [-0.15, -0.1) is 0 Å². The maximum absolute atomic E-state index is 11.6. The Labute approximate surface area is 98.1 Å². The fraction of sp³-hybridized carbons (Fsp3) is 0.455. The summed E-state index contributed by atoms with van der Waals surface area (Å²) in [6.45, 7) is 0. The minimum atomic E-state index is -3.04. The summed E-state index contributed by atoms with van der Waals surface area (Å²) in [5.41, 5.74) is 0.776. The van der Waals surface area contributed by atoms with Crippen LogP contribution in [0.3, 0.4) is 0 Å². The summed E-state index contributed by atoms with van der Waals surface area (Å²) in [6.07, 6.45) is 0.917. The van der Waals surface area contributed by atoms with Crippen LogP contribution in [0.1, 0.15) is 12.0 Å². The molecule has 3 nitrogen and oxygen atoms in total. The molecule has 0 saturated heterocycles. The van der Waals surface area contributed by atoms with Crippen molar-refractivity contribution in [1.29, 1.82) is 0 Å².